The van der Waals surface area contributed by atoms with Crippen LogP contribution in [0.3, 0.4) is 0 Å². The van der Waals surface area contributed by atoms with E-state index in [1.165, 1.54) is 148 Å². The number of likely N-dealkylation sites (tertiary alicyclic amines) is 2. The average Bonchev–Trinajstić information content (AvgIpc) is 0.807. The predicted octanol–water partition coefficient (Wildman–Crippen LogP) is 19.2. The van der Waals surface area contributed by atoms with Crippen LogP contribution in [0, 0.1) is 35.5 Å². The molecule has 652 valence electrons. The number of nitrogens with zero attached hydrogens (tertiary/aromatic N) is 6. The second kappa shape index (κ2) is 48.3. The SMILES string of the molecule is CCC1CC(C(=O)c2ccccc2)C2CCCCN2C1.CCC1CC2CCCCN2C(C(=O)c2ccccc2)C1.CCCCC(C(=O)c1ccccc1)[N+]1(C)CCCCC1.C[N+]1(C(CCCO)C(=O)c2ccccc2)CCCCC1.O=C(c1ccccc1)C1CC(CO)CC2CCCCN21.O=C(c1ccccc1)C1CC(CO)CN2CCCCC12. The molecule has 0 spiro atoms. The van der Waals surface area contributed by atoms with Gasteiger partial charge in [-0.15, -0.1) is 0 Å². The van der Waals surface area contributed by atoms with E-state index in [-0.39, 0.29) is 85.0 Å². The maximum Gasteiger partial charge on any atom is 0.219 e. The van der Waals surface area contributed by atoms with Gasteiger partial charge in [-0.1, -0.05) is 248 Å². The van der Waals surface area contributed by atoms with Crippen molar-refractivity contribution in [3.8, 4) is 0 Å². The first-order valence-electron chi connectivity index (χ1n) is 47.6. The Hall–Kier alpha value is -7.02. The highest BCUT2D eigenvalue weighted by molar-refractivity contribution is 6.02. The summed E-state index contributed by atoms with van der Waals surface area (Å²) in [6.07, 6.45) is 35.8. The normalized spacial score (nSPS) is 27.0. The summed E-state index contributed by atoms with van der Waals surface area (Å²) in [6.45, 7) is 18.4. The summed E-state index contributed by atoms with van der Waals surface area (Å²) in [5.74, 6) is 4.04. The summed E-state index contributed by atoms with van der Waals surface area (Å²) in [7, 11) is 4.50. The molecular weight excluding hydrogens is 1490 g/mol. The molecule has 0 amide bonds. The molecule has 0 aromatic heterocycles. The van der Waals surface area contributed by atoms with Crippen molar-refractivity contribution in [2.24, 2.45) is 35.5 Å². The Kier molecular flexibility index (Phi) is 37.7. The van der Waals surface area contributed by atoms with Crippen molar-refractivity contribution in [1.29, 1.82) is 0 Å². The molecule has 120 heavy (non-hydrogen) atoms. The monoisotopic (exact) mass is 1640 g/mol. The number of hydrogen-bond donors (Lipinski definition) is 3. The third-order valence-corrected chi connectivity index (χ3v) is 29.4. The number of carbonyl (C=O) groups excluding carboxylic acids is 6. The molecule has 15 nitrogen and oxygen atoms in total. The standard InChI is InChI=1S/2C18H25NO.C18H28NO.2C17H23NO2.C17H26NO2/c1-2-14-12-16(17-10-6-7-11-19(17)13-14)18(20)15-8-4-3-5-9-15;1-2-14-12-16-10-6-7-11-19(16)17(13-14)18(20)15-8-4-3-5-9-15;1-3-4-13-17(19(2)14-9-6-10-15-19)18(20)16-11-7-5-8-12-16;19-12-13-10-15(16-8-4-5-9-18(16)11-13)17(20)14-6-2-1-3-7-14;19-12-13-10-15-8-4-5-9-18(15)16(11-13)17(20)14-6-2-1-3-7-14;1-18(12-6-3-7-13-18)16(11-8-14-19)17(20)15-9-4-2-5-10-15/h2*3-5,8-9,14,16-17H,2,6-7,10-13H2,1H3;5,7-8,11-12,17H,3-4,6,9-10,13-15H2,1-2H3;2*1-3,6-7,13,15-16,19H,4-5,8-12H2;2,4-5,9-10,16,19H,3,6-8,11-14H2,1H3/q;;+1;;;+1. The van der Waals surface area contributed by atoms with E-state index < -0.39 is 0 Å². The van der Waals surface area contributed by atoms with Crippen molar-refractivity contribution in [3.05, 3.63) is 215 Å². The number of quaternary nitrogens is 2. The minimum Gasteiger partial charge on any atom is -0.396 e. The number of piperidine rings is 10. The van der Waals surface area contributed by atoms with Gasteiger partial charge in [0, 0.05) is 115 Å². The fourth-order valence-electron chi connectivity index (χ4n) is 22.5. The van der Waals surface area contributed by atoms with Crippen LogP contribution in [0.5, 0.6) is 0 Å². The number of aliphatic hydroxyl groups is 3. The van der Waals surface area contributed by atoms with Gasteiger partial charge >= 0.3 is 0 Å². The highest BCUT2D eigenvalue weighted by Gasteiger charge is 2.46. The number of rotatable bonds is 24. The lowest BCUT2D eigenvalue weighted by Crippen LogP contribution is -2.58. The zero-order valence-electron chi connectivity index (χ0n) is 74.0. The van der Waals surface area contributed by atoms with Gasteiger partial charge in [0.2, 0.25) is 11.6 Å². The van der Waals surface area contributed by atoms with Crippen LogP contribution in [-0.4, -0.2) is 226 Å². The molecule has 14 unspecified atom stereocenters. The van der Waals surface area contributed by atoms with Crippen molar-refractivity contribution >= 4 is 34.7 Å². The van der Waals surface area contributed by atoms with E-state index in [1.807, 2.05) is 182 Å². The van der Waals surface area contributed by atoms with Crippen molar-refractivity contribution < 1.29 is 53.1 Å². The smallest absolute Gasteiger partial charge is 0.219 e. The molecule has 10 fully saturated rings. The molecule has 15 heteroatoms. The van der Waals surface area contributed by atoms with E-state index in [4.69, 9.17) is 5.11 Å². The van der Waals surface area contributed by atoms with E-state index in [0.717, 1.165) is 158 Å². The topological polar surface area (TPSA) is 176 Å². The van der Waals surface area contributed by atoms with Crippen molar-refractivity contribution in [2.75, 3.05) is 99.4 Å². The van der Waals surface area contributed by atoms with Crippen LogP contribution in [0.2, 0.25) is 0 Å². The van der Waals surface area contributed by atoms with E-state index in [0.29, 0.717) is 53.9 Å². The third-order valence-electron chi connectivity index (χ3n) is 29.4. The lowest BCUT2D eigenvalue weighted by Gasteiger charge is -2.47. The molecule has 0 bridgehead atoms. The quantitative estimate of drug-likeness (QED) is 0.0386. The molecule has 6 aromatic carbocycles. The highest BCUT2D eigenvalue weighted by Crippen LogP contribution is 2.41. The fourth-order valence-corrected chi connectivity index (χ4v) is 22.5. The van der Waals surface area contributed by atoms with Gasteiger partial charge in [0.1, 0.15) is 0 Å². The molecular formula is C105H150N6O9+2. The van der Waals surface area contributed by atoms with Crippen LogP contribution < -0.4 is 0 Å². The van der Waals surface area contributed by atoms with Gasteiger partial charge in [0.05, 0.1) is 52.4 Å². The zero-order chi connectivity index (χ0) is 84.6. The Bertz CT molecular complexity index is 3580. The summed E-state index contributed by atoms with van der Waals surface area (Å²) in [5, 5.41) is 28.2. The lowest BCUT2D eigenvalue weighted by atomic mass is 9.75. The minimum atomic E-state index is -0.0337. The molecule has 16 rings (SSSR count). The maximum atomic E-state index is 12.9. The number of likely N-dealkylation sites (N-methyl/N-ethyl adjacent to an activating group) is 2. The van der Waals surface area contributed by atoms with Gasteiger partial charge in [0.25, 0.3) is 0 Å². The lowest BCUT2D eigenvalue weighted by molar-refractivity contribution is -0.928. The Balaban J connectivity index is 0.000000141. The molecule has 10 saturated heterocycles. The second-order valence-corrected chi connectivity index (χ2v) is 37.6. The second-order valence-electron chi connectivity index (χ2n) is 37.6. The van der Waals surface area contributed by atoms with Crippen LogP contribution in [0.15, 0.2) is 182 Å². The zero-order valence-corrected chi connectivity index (χ0v) is 74.0. The first-order chi connectivity index (χ1) is 58.5. The van der Waals surface area contributed by atoms with E-state index in [2.05, 4.69) is 54.5 Å². The maximum absolute atomic E-state index is 12.9. The molecule has 3 N–H and O–H groups in total. The number of fused-ring (bicyclic) bond motifs is 4. The molecule has 0 radical (unpaired) electrons. The Morgan fingerprint density at radius 3 is 1.06 bits per heavy atom. The molecule has 10 heterocycles. The largest absolute Gasteiger partial charge is 0.396 e. The van der Waals surface area contributed by atoms with Gasteiger partial charge in [-0.2, -0.15) is 0 Å². The van der Waals surface area contributed by atoms with Gasteiger partial charge in [-0.3, -0.25) is 48.4 Å². The summed E-state index contributed by atoms with van der Waals surface area (Å²) >= 11 is 0. The van der Waals surface area contributed by atoms with Crippen molar-refractivity contribution in [3.63, 3.8) is 0 Å². The highest BCUT2D eigenvalue weighted by atomic mass is 16.3. The van der Waals surface area contributed by atoms with Crippen LogP contribution in [0.4, 0.5) is 0 Å². The third kappa shape index (κ3) is 25.6. The summed E-state index contributed by atoms with van der Waals surface area (Å²) < 4.78 is 1.79. The van der Waals surface area contributed by atoms with Crippen LogP contribution >= 0.6 is 0 Å². The van der Waals surface area contributed by atoms with E-state index in [1.54, 1.807) is 0 Å². The van der Waals surface area contributed by atoms with Crippen molar-refractivity contribution in [2.45, 2.75) is 268 Å². The van der Waals surface area contributed by atoms with Crippen molar-refractivity contribution in [1.82, 2.24) is 19.6 Å². The number of ketones is 6. The Labute approximate surface area is 721 Å². The van der Waals surface area contributed by atoms with Crippen LogP contribution in [0.1, 0.15) is 282 Å². The summed E-state index contributed by atoms with van der Waals surface area (Å²) in [5.41, 5.74) is 5.11. The van der Waals surface area contributed by atoms with Gasteiger partial charge in [0.15, 0.2) is 35.2 Å². The Morgan fingerprint density at radius 2 is 0.683 bits per heavy atom. The molecule has 0 saturated carbocycles. The first-order valence-corrected chi connectivity index (χ1v) is 47.6. The van der Waals surface area contributed by atoms with Gasteiger partial charge < -0.3 is 24.3 Å². The number of benzene rings is 6. The van der Waals surface area contributed by atoms with Gasteiger partial charge in [-0.05, 0) is 191 Å². The van der Waals surface area contributed by atoms with E-state index in [9.17, 15) is 39.0 Å². The first kappa shape index (κ1) is 93.7. The number of hydrogen-bond acceptors (Lipinski definition) is 13. The van der Waals surface area contributed by atoms with Gasteiger partial charge in [-0.25, -0.2) is 0 Å². The average molecular weight is 1640 g/mol. The molecule has 10 aliphatic heterocycles. The molecule has 14 atom stereocenters. The summed E-state index contributed by atoms with van der Waals surface area (Å²) in [4.78, 5) is 87.1. The number of carbonyl (C=O) groups is 6. The van der Waals surface area contributed by atoms with Crippen LogP contribution in [0.25, 0.3) is 0 Å². The fraction of sp³-hybridized carbons (Fsp3) is 0.600. The number of aliphatic hydroxyl groups excluding tert-OH is 3. The molecule has 0 aliphatic carbocycles. The van der Waals surface area contributed by atoms with E-state index >= 15 is 0 Å². The van der Waals surface area contributed by atoms with Crippen LogP contribution in [-0.2, 0) is 0 Å². The predicted molar refractivity (Wildman–Crippen MR) is 486 cm³/mol. The molecule has 6 aromatic rings. The number of unbranched alkanes of at least 4 members (excludes halogenated alkanes) is 1. The summed E-state index contributed by atoms with van der Waals surface area (Å²) in [6, 6.07) is 60.7. The minimum absolute atomic E-state index is 0.00940. The molecule has 10 aliphatic rings. The number of Topliss-reactive ketones (excluding diaryl/α,β-unsaturated/α-hetero) is 6. The Morgan fingerprint density at radius 1 is 0.350 bits per heavy atom.